The van der Waals surface area contributed by atoms with Crippen molar-refractivity contribution in [1.82, 2.24) is 0 Å². The van der Waals surface area contributed by atoms with Crippen molar-refractivity contribution in [2.24, 2.45) is 5.73 Å². The number of ether oxygens (including phenoxy) is 2. The third kappa shape index (κ3) is 2.98. The molecule has 2 N–H and O–H groups in total. The number of nitrogens with zero attached hydrogens (tertiary/aromatic N) is 1. The first-order valence-electron chi connectivity index (χ1n) is 6.49. The summed E-state index contributed by atoms with van der Waals surface area (Å²) in [6, 6.07) is 6.18. The van der Waals surface area contributed by atoms with Gasteiger partial charge in [0.25, 0.3) is 0 Å². The van der Waals surface area contributed by atoms with Crippen LogP contribution in [0.4, 0.5) is 5.69 Å². The van der Waals surface area contributed by atoms with E-state index in [9.17, 15) is 0 Å². The molecule has 0 aromatic heterocycles. The van der Waals surface area contributed by atoms with Crippen LogP contribution in [0, 0.1) is 0 Å². The van der Waals surface area contributed by atoms with E-state index in [0.717, 1.165) is 43.2 Å². The Labute approximate surface area is 119 Å². The highest BCUT2D eigenvalue weighted by atomic mass is 32.1. The molecule has 0 spiro atoms. The number of anilines is 1. The van der Waals surface area contributed by atoms with Crippen molar-refractivity contribution in [1.29, 1.82) is 0 Å². The van der Waals surface area contributed by atoms with Crippen molar-refractivity contribution < 1.29 is 9.47 Å². The molecule has 0 aliphatic carbocycles. The lowest BCUT2D eigenvalue weighted by Crippen LogP contribution is -2.46. The lowest BCUT2D eigenvalue weighted by molar-refractivity contribution is 0.0929. The Morgan fingerprint density at radius 2 is 2.37 bits per heavy atom. The molecular weight excluding hydrogens is 260 g/mol. The number of methoxy groups -OCH3 is 1. The monoisotopic (exact) mass is 280 g/mol. The van der Waals surface area contributed by atoms with E-state index >= 15 is 0 Å². The minimum absolute atomic E-state index is 0.356. The van der Waals surface area contributed by atoms with E-state index in [0.29, 0.717) is 11.0 Å². The standard InChI is InChI=1S/C14H20N2O2S/c1-3-10-9-18-7-6-16(10)13-8-11(17-2)4-5-12(13)14(15)19/h4-5,8,10H,3,6-7,9H2,1-2H3,(H2,15,19). The molecule has 0 saturated carbocycles. The van der Waals surface area contributed by atoms with Crippen LogP contribution in [-0.4, -0.2) is 37.9 Å². The van der Waals surface area contributed by atoms with Gasteiger partial charge in [-0.2, -0.15) is 0 Å². The molecule has 1 heterocycles. The van der Waals surface area contributed by atoms with Crippen LogP contribution >= 0.6 is 12.2 Å². The summed E-state index contributed by atoms with van der Waals surface area (Å²) >= 11 is 5.15. The highest BCUT2D eigenvalue weighted by Crippen LogP contribution is 2.29. The second-order valence-electron chi connectivity index (χ2n) is 4.58. The molecule has 5 heteroatoms. The first kappa shape index (κ1) is 14.1. The van der Waals surface area contributed by atoms with E-state index in [1.165, 1.54) is 0 Å². The molecule has 1 saturated heterocycles. The van der Waals surface area contributed by atoms with E-state index in [4.69, 9.17) is 27.4 Å². The Morgan fingerprint density at radius 1 is 1.58 bits per heavy atom. The van der Waals surface area contributed by atoms with Gasteiger partial charge in [-0.1, -0.05) is 19.1 Å². The number of hydrogen-bond donors (Lipinski definition) is 1. The molecule has 2 rings (SSSR count). The number of morpholine rings is 1. The van der Waals surface area contributed by atoms with Gasteiger partial charge in [0.15, 0.2) is 0 Å². The first-order chi connectivity index (χ1) is 9.17. The second kappa shape index (κ2) is 6.21. The first-order valence-corrected chi connectivity index (χ1v) is 6.90. The summed E-state index contributed by atoms with van der Waals surface area (Å²) in [6.45, 7) is 4.48. The van der Waals surface area contributed by atoms with Crippen LogP contribution < -0.4 is 15.4 Å². The quantitative estimate of drug-likeness (QED) is 0.854. The predicted octanol–water partition coefficient (Wildman–Crippen LogP) is 1.94. The maximum atomic E-state index is 5.83. The fourth-order valence-corrected chi connectivity index (χ4v) is 2.57. The van der Waals surface area contributed by atoms with Crippen LogP contribution in [0.5, 0.6) is 5.75 Å². The number of thiocarbonyl (C=S) groups is 1. The maximum absolute atomic E-state index is 5.83. The molecule has 0 bridgehead atoms. The van der Waals surface area contributed by atoms with Gasteiger partial charge in [0, 0.05) is 18.2 Å². The van der Waals surface area contributed by atoms with Gasteiger partial charge in [0.1, 0.15) is 10.7 Å². The van der Waals surface area contributed by atoms with Gasteiger partial charge >= 0.3 is 0 Å². The van der Waals surface area contributed by atoms with Crippen LogP contribution in [0.15, 0.2) is 18.2 Å². The molecule has 19 heavy (non-hydrogen) atoms. The summed E-state index contributed by atoms with van der Waals surface area (Å²) in [5, 5.41) is 0. The molecule has 1 aromatic carbocycles. The molecule has 104 valence electrons. The average molecular weight is 280 g/mol. The van der Waals surface area contributed by atoms with Crippen molar-refractivity contribution in [2.45, 2.75) is 19.4 Å². The highest BCUT2D eigenvalue weighted by molar-refractivity contribution is 7.80. The van der Waals surface area contributed by atoms with Crippen LogP contribution in [0.2, 0.25) is 0 Å². The maximum Gasteiger partial charge on any atom is 0.120 e. The van der Waals surface area contributed by atoms with Crippen molar-refractivity contribution in [2.75, 3.05) is 31.8 Å². The zero-order chi connectivity index (χ0) is 13.8. The third-order valence-corrected chi connectivity index (χ3v) is 3.70. The van der Waals surface area contributed by atoms with E-state index in [1.807, 2.05) is 18.2 Å². The smallest absolute Gasteiger partial charge is 0.120 e. The zero-order valence-corrected chi connectivity index (χ0v) is 12.2. The molecule has 1 aromatic rings. The molecule has 1 aliphatic heterocycles. The fourth-order valence-electron chi connectivity index (χ4n) is 2.39. The molecule has 1 fully saturated rings. The average Bonchev–Trinajstić information content (AvgIpc) is 2.46. The number of hydrogen-bond acceptors (Lipinski definition) is 4. The van der Waals surface area contributed by atoms with Crippen molar-refractivity contribution in [3.63, 3.8) is 0 Å². The van der Waals surface area contributed by atoms with E-state index < -0.39 is 0 Å². The number of rotatable bonds is 4. The van der Waals surface area contributed by atoms with E-state index in [-0.39, 0.29) is 0 Å². The number of nitrogens with two attached hydrogens (primary N) is 1. The van der Waals surface area contributed by atoms with E-state index in [1.54, 1.807) is 7.11 Å². The molecule has 1 atom stereocenters. The summed E-state index contributed by atoms with van der Waals surface area (Å²) in [5.41, 5.74) is 7.78. The van der Waals surface area contributed by atoms with Gasteiger partial charge in [-0.05, 0) is 18.6 Å². The second-order valence-corrected chi connectivity index (χ2v) is 5.02. The van der Waals surface area contributed by atoms with Gasteiger partial charge in [-0.3, -0.25) is 0 Å². The fraction of sp³-hybridized carbons (Fsp3) is 0.500. The van der Waals surface area contributed by atoms with Gasteiger partial charge in [0.2, 0.25) is 0 Å². The normalized spacial score (nSPS) is 19.3. The molecule has 1 aliphatic rings. The molecular formula is C14H20N2O2S. The predicted molar refractivity (Wildman–Crippen MR) is 81.1 cm³/mol. The third-order valence-electron chi connectivity index (χ3n) is 3.48. The van der Waals surface area contributed by atoms with Gasteiger partial charge < -0.3 is 20.1 Å². The highest BCUT2D eigenvalue weighted by Gasteiger charge is 2.24. The Morgan fingerprint density at radius 3 is 3.00 bits per heavy atom. The summed E-state index contributed by atoms with van der Waals surface area (Å²) in [6.07, 6.45) is 1.02. The SMILES string of the molecule is CCC1COCCN1c1cc(OC)ccc1C(N)=S. The Hall–Kier alpha value is -1.33. The molecule has 1 unspecified atom stereocenters. The molecule has 0 amide bonds. The molecule has 4 nitrogen and oxygen atoms in total. The zero-order valence-electron chi connectivity index (χ0n) is 11.4. The Balaban J connectivity index is 2.42. The van der Waals surface area contributed by atoms with Crippen molar-refractivity contribution in [3.05, 3.63) is 23.8 Å². The van der Waals surface area contributed by atoms with Crippen LogP contribution in [0.25, 0.3) is 0 Å². The van der Waals surface area contributed by atoms with E-state index in [2.05, 4.69) is 11.8 Å². The summed E-state index contributed by atoms with van der Waals surface area (Å²) in [7, 11) is 1.66. The minimum Gasteiger partial charge on any atom is -0.497 e. The lowest BCUT2D eigenvalue weighted by atomic mass is 10.1. The van der Waals surface area contributed by atoms with Crippen LogP contribution in [0.1, 0.15) is 18.9 Å². The van der Waals surface area contributed by atoms with Gasteiger partial charge in [-0.25, -0.2) is 0 Å². The summed E-state index contributed by atoms with van der Waals surface area (Å²) in [4.78, 5) is 2.74. The van der Waals surface area contributed by atoms with Crippen molar-refractivity contribution >= 4 is 22.9 Å². The van der Waals surface area contributed by atoms with Gasteiger partial charge in [0.05, 0.1) is 32.1 Å². The van der Waals surface area contributed by atoms with Crippen molar-refractivity contribution in [3.8, 4) is 5.75 Å². The number of benzene rings is 1. The van der Waals surface area contributed by atoms with Crippen LogP contribution in [-0.2, 0) is 4.74 Å². The largest absolute Gasteiger partial charge is 0.497 e. The topological polar surface area (TPSA) is 47.7 Å². The summed E-state index contributed by atoms with van der Waals surface area (Å²) < 4.78 is 10.9. The summed E-state index contributed by atoms with van der Waals surface area (Å²) in [5.74, 6) is 0.816. The van der Waals surface area contributed by atoms with Crippen LogP contribution in [0.3, 0.4) is 0 Å². The lowest BCUT2D eigenvalue weighted by Gasteiger charge is -2.38. The van der Waals surface area contributed by atoms with Gasteiger partial charge in [-0.15, -0.1) is 0 Å². The Kier molecular flexibility index (Phi) is 4.61. The minimum atomic E-state index is 0.356. The Bertz CT molecular complexity index is 465. The molecule has 0 radical (unpaired) electrons.